The van der Waals surface area contributed by atoms with Gasteiger partial charge < -0.3 is 4.90 Å². The van der Waals surface area contributed by atoms with E-state index in [2.05, 4.69) is 61.0 Å². The fourth-order valence-electron chi connectivity index (χ4n) is 4.30. The van der Waals surface area contributed by atoms with Crippen molar-refractivity contribution < 1.29 is 0 Å². The molecular weight excluding hydrogens is 322 g/mol. The van der Waals surface area contributed by atoms with Crippen molar-refractivity contribution in [2.45, 2.75) is 38.0 Å². The van der Waals surface area contributed by atoms with Gasteiger partial charge in [0.2, 0.25) is 0 Å². The maximum absolute atomic E-state index is 4.64. The lowest BCUT2D eigenvalue weighted by atomic mass is 9.95. The van der Waals surface area contributed by atoms with E-state index in [0.29, 0.717) is 5.92 Å². The zero-order valence-corrected chi connectivity index (χ0v) is 14.9. The normalized spacial score (nSPS) is 17.5. The van der Waals surface area contributed by atoms with Gasteiger partial charge in [-0.1, -0.05) is 24.3 Å². The lowest BCUT2D eigenvalue weighted by Crippen LogP contribution is -2.34. The number of hydrogen-bond donors (Lipinski definition) is 0. The number of aryl methyl sites for hydroxylation is 2. The molecule has 0 aliphatic carbocycles. The van der Waals surface area contributed by atoms with Crippen molar-refractivity contribution in [1.82, 2.24) is 19.7 Å². The molecule has 1 fully saturated rings. The Hall–Kier alpha value is -2.69. The summed E-state index contributed by atoms with van der Waals surface area (Å²) >= 11 is 0. The van der Waals surface area contributed by atoms with Crippen molar-refractivity contribution in [2.24, 2.45) is 0 Å². The molecule has 26 heavy (non-hydrogen) atoms. The number of pyridine rings is 1. The Morgan fingerprint density at radius 3 is 2.58 bits per heavy atom. The maximum Gasteiger partial charge on any atom is 0.140 e. The van der Waals surface area contributed by atoms with E-state index in [1.165, 1.54) is 11.3 Å². The van der Waals surface area contributed by atoms with Gasteiger partial charge in [-0.3, -0.25) is 4.57 Å². The number of rotatable bonds is 2. The minimum atomic E-state index is 0.461. The summed E-state index contributed by atoms with van der Waals surface area (Å²) in [6, 6.07) is 14.9. The van der Waals surface area contributed by atoms with Gasteiger partial charge in [-0.05, 0) is 49.4 Å². The minimum absolute atomic E-state index is 0.461. The molecule has 132 valence electrons. The number of hydrogen-bond acceptors (Lipinski definition) is 4. The molecule has 1 saturated heterocycles. The van der Waals surface area contributed by atoms with Crippen LogP contribution in [0.5, 0.6) is 0 Å². The van der Waals surface area contributed by atoms with E-state index in [9.17, 15) is 0 Å². The molecule has 5 rings (SSSR count). The average Bonchev–Trinajstić information content (AvgIpc) is 3.04. The molecule has 0 radical (unpaired) electrons. The second-order valence-corrected chi connectivity index (χ2v) is 7.24. The summed E-state index contributed by atoms with van der Waals surface area (Å²) in [6.45, 7) is 2.04. The van der Waals surface area contributed by atoms with Gasteiger partial charge in [0.15, 0.2) is 0 Å². The average molecular weight is 345 g/mol. The number of benzene rings is 1. The Balaban J connectivity index is 1.43. The molecule has 2 aliphatic heterocycles. The molecule has 2 aromatic heterocycles. The van der Waals surface area contributed by atoms with Crippen molar-refractivity contribution >= 4 is 5.82 Å². The first-order valence-electron chi connectivity index (χ1n) is 9.58. The third kappa shape index (κ3) is 2.68. The molecule has 0 N–H and O–H groups in total. The van der Waals surface area contributed by atoms with Crippen LogP contribution < -0.4 is 4.90 Å². The van der Waals surface area contributed by atoms with Crippen LogP contribution >= 0.6 is 0 Å². The number of piperidine rings is 1. The molecule has 0 atom stereocenters. The monoisotopic (exact) mass is 345 g/mol. The molecular formula is C21H23N5. The number of para-hydroxylation sites is 1. The summed E-state index contributed by atoms with van der Waals surface area (Å²) in [6.07, 6.45) is 7.34. The highest BCUT2D eigenvalue weighted by atomic mass is 15.3. The third-order valence-electron chi connectivity index (χ3n) is 5.67. The summed E-state index contributed by atoms with van der Waals surface area (Å²) in [7, 11) is 0. The molecule has 0 spiro atoms. The number of nitrogens with zero attached hydrogens (tertiary/aromatic N) is 5. The predicted octanol–water partition coefficient (Wildman–Crippen LogP) is 3.54. The van der Waals surface area contributed by atoms with Crippen molar-refractivity contribution in [3.8, 4) is 5.69 Å². The quantitative estimate of drug-likeness (QED) is 0.713. The first-order chi connectivity index (χ1) is 12.9. The minimum Gasteiger partial charge on any atom is -0.357 e. The summed E-state index contributed by atoms with van der Waals surface area (Å²) < 4.78 is 2.35. The van der Waals surface area contributed by atoms with Crippen LogP contribution in [0.15, 0.2) is 48.7 Å². The smallest absolute Gasteiger partial charge is 0.140 e. The lowest BCUT2D eigenvalue weighted by Gasteiger charge is -2.32. The van der Waals surface area contributed by atoms with Gasteiger partial charge in [0.25, 0.3) is 0 Å². The van der Waals surface area contributed by atoms with Crippen LogP contribution in [0.3, 0.4) is 0 Å². The molecule has 0 saturated carbocycles. The van der Waals surface area contributed by atoms with E-state index in [1.807, 2.05) is 12.3 Å². The number of anilines is 1. The highest BCUT2D eigenvalue weighted by Gasteiger charge is 2.28. The van der Waals surface area contributed by atoms with Gasteiger partial charge in [0, 0.05) is 31.6 Å². The zero-order valence-electron chi connectivity index (χ0n) is 14.9. The Morgan fingerprint density at radius 1 is 0.885 bits per heavy atom. The highest BCUT2D eigenvalue weighted by molar-refractivity contribution is 5.45. The van der Waals surface area contributed by atoms with Gasteiger partial charge in [-0.2, -0.15) is 0 Å². The van der Waals surface area contributed by atoms with E-state index in [4.69, 9.17) is 0 Å². The van der Waals surface area contributed by atoms with Crippen LogP contribution in [-0.2, 0) is 12.8 Å². The lowest BCUT2D eigenvalue weighted by molar-refractivity contribution is 0.477. The zero-order chi connectivity index (χ0) is 17.3. The molecule has 5 nitrogen and oxygen atoms in total. The first kappa shape index (κ1) is 15.6. The molecule has 2 aliphatic rings. The van der Waals surface area contributed by atoms with Gasteiger partial charge >= 0.3 is 0 Å². The predicted molar refractivity (Wildman–Crippen MR) is 102 cm³/mol. The standard InChI is InChI=1S/C21H23N5/c1-2-8-18-16(6-1)7-5-10-20-23-24-21(26(18)20)17-11-14-25(15-12-17)19-9-3-4-13-22-19/h1-4,6,8-9,13,17H,5,7,10-12,14-15H2. The van der Waals surface area contributed by atoms with E-state index >= 15 is 0 Å². The SMILES string of the molecule is c1ccc(N2CCC(c3nnc4n3-c3ccccc3CCC4)CC2)nc1. The van der Waals surface area contributed by atoms with Crippen LogP contribution in [0.2, 0.25) is 0 Å². The molecule has 0 amide bonds. The first-order valence-corrected chi connectivity index (χ1v) is 9.58. The summed E-state index contributed by atoms with van der Waals surface area (Å²) in [4.78, 5) is 6.87. The molecule has 5 heteroatoms. The van der Waals surface area contributed by atoms with Gasteiger partial charge in [-0.15, -0.1) is 10.2 Å². The summed E-state index contributed by atoms with van der Waals surface area (Å²) in [5.41, 5.74) is 2.70. The Morgan fingerprint density at radius 2 is 1.73 bits per heavy atom. The second-order valence-electron chi connectivity index (χ2n) is 7.24. The molecule has 3 aromatic rings. The number of aromatic nitrogens is 4. The van der Waals surface area contributed by atoms with Crippen molar-refractivity contribution in [1.29, 1.82) is 0 Å². The number of fused-ring (bicyclic) bond motifs is 3. The van der Waals surface area contributed by atoms with Gasteiger partial charge in [-0.25, -0.2) is 4.98 Å². The van der Waals surface area contributed by atoms with Crippen LogP contribution in [0.25, 0.3) is 5.69 Å². The fourth-order valence-corrected chi connectivity index (χ4v) is 4.30. The maximum atomic E-state index is 4.64. The summed E-state index contributed by atoms with van der Waals surface area (Å²) in [5, 5.41) is 9.19. The van der Waals surface area contributed by atoms with Crippen molar-refractivity contribution in [2.75, 3.05) is 18.0 Å². The topological polar surface area (TPSA) is 46.8 Å². The highest BCUT2D eigenvalue weighted by Crippen LogP contribution is 2.33. The van der Waals surface area contributed by atoms with E-state index in [1.54, 1.807) is 0 Å². The largest absolute Gasteiger partial charge is 0.357 e. The Kier molecular flexibility index (Phi) is 3.92. The molecule has 0 bridgehead atoms. The van der Waals surface area contributed by atoms with E-state index < -0.39 is 0 Å². The fraction of sp³-hybridized carbons (Fsp3) is 0.381. The van der Waals surface area contributed by atoms with Crippen molar-refractivity contribution in [3.05, 3.63) is 65.9 Å². The molecule has 0 unspecified atom stereocenters. The van der Waals surface area contributed by atoms with Crippen LogP contribution in [0.1, 0.15) is 42.4 Å². The van der Waals surface area contributed by atoms with Gasteiger partial charge in [0.1, 0.15) is 17.5 Å². The van der Waals surface area contributed by atoms with Crippen LogP contribution in [0.4, 0.5) is 5.82 Å². The van der Waals surface area contributed by atoms with Gasteiger partial charge in [0.05, 0.1) is 5.69 Å². The molecule has 1 aromatic carbocycles. The van der Waals surface area contributed by atoms with Crippen LogP contribution in [0, 0.1) is 0 Å². The van der Waals surface area contributed by atoms with Crippen molar-refractivity contribution in [3.63, 3.8) is 0 Å². The second kappa shape index (κ2) is 6.56. The van der Waals surface area contributed by atoms with E-state index in [-0.39, 0.29) is 0 Å². The Bertz CT molecular complexity index is 894. The third-order valence-corrected chi connectivity index (χ3v) is 5.67. The Labute approximate surface area is 153 Å². The molecule has 4 heterocycles. The summed E-state index contributed by atoms with van der Waals surface area (Å²) in [5.74, 6) is 3.81. The van der Waals surface area contributed by atoms with E-state index in [0.717, 1.165) is 62.7 Å². The van der Waals surface area contributed by atoms with Crippen LogP contribution in [-0.4, -0.2) is 32.8 Å².